The lowest BCUT2D eigenvalue weighted by Crippen LogP contribution is -2.58. The van der Waals surface area contributed by atoms with Gasteiger partial charge in [0.1, 0.15) is 6.42 Å². The first-order valence-electron chi connectivity index (χ1n) is 5.41. The second kappa shape index (κ2) is 3.61. The molecule has 0 radical (unpaired) electrons. The maximum atomic E-state index is 11.4. The Hall–Kier alpha value is -1.04. The lowest BCUT2D eigenvalue weighted by Gasteiger charge is -2.52. The van der Waals surface area contributed by atoms with Crippen molar-refractivity contribution in [1.82, 2.24) is 4.90 Å². The molecule has 76 valence electrons. The summed E-state index contributed by atoms with van der Waals surface area (Å²) in [7, 11) is 0. The third-order valence-electron chi connectivity index (χ3n) is 3.55. The Labute approximate surface area is 84.7 Å². The molecule has 1 saturated heterocycles. The highest BCUT2D eigenvalue weighted by Crippen LogP contribution is 2.43. The molecule has 1 aliphatic heterocycles. The van der Waals surface area contributed by atoms with Gasteiger partial charge in [-0.25, -0.2) is 0 Å². The first kappa shape index (κ1) is 9.51. The minimum atomic E-state index is 0.0173. The van der Waals surface area contributed by atoms with Crippen LogP contribution < -0.4 is 0 Å². The number of hydrogen-bond donors (Lipinski definition) is 0. The molecule has 1 amide bonds. The van der Waals surface area contributed by atoms with Gasteiger partial charge in [0, 0.05) is 18.5 Å². The maximum Gasteiger partial charge on any atom is 0.236 e. The number of nitriles is 1. The van der Waals surface area contributed by atoms with Crippen LogP contribution in [0.2, 0.25) is 0 Å². The van der Waals surface area contributed by atoms with Crippen molar-refractivity contribution < 1.29 is 4.79 Å². The number of likely N-dealkylation sites (tertiary alicyclic amines) is 1. The minimum Gasteiger partial charge on any atom is -0.341 e. The van der Waals surface area contributed by atoms with Crippen LogP contribution in [0, 0.1) is 16.7 Å². The van der Waals surface area contributed by atoms with Crippen molar-refractivity contribution in [3.05, 3.63) is 0 Å². The average Bonchev–Trinajstić information content (AvgIpc) is 2.16. The normalized spacial score (nSPS) is 24.1. The summed E-state index contributed by atoms with van der Waals surface area (Å²) >= 11 is 0. The van der Waals surface area contributed by atoms with Gasteiger partial charge in [-0.15, -0.1) is 0 Å². The molecule has 1 saturated carbocycles. The molecular formula is C11H16N2O. The van der Waals surface area contributed by atoms with Crippen LogP contribution in [0.25, 0.3) is 0 Å². The second-order valence-electron chi connectivity index (χ2n) is 4.65. The van der Waals surface area contributed by atoms with E-state index in [1.807, 2.05) is 11.0 Å². The molecule has 0 atom stereocenters. The van der Waals surface area contributed by atoms with E-state index in [9.17, 15) is 4.79 Å². The largest absolute Gasteiger partial charge is 0.341 e. The fraction of sp³-hybridized carbons (Fsp3) is 0.818. The molecule has 14 heavy (non-hydrogen) atoms. The number of rotatable bonds is 1. The van der Waals surface area contributed by atoms with Crippen LogP contribution in [-0.4, -0.2) is 23.9 Å². The Kier molecular flexibility index (Phi) is 2.45. The summed E-state index contributed by atoms with van der Waals surface area (Å²) in [6.07, 6.45) is 6.61. The molecule has 0 aromatic heterocycles. The number of nitrogens with zero attached hydrogens (tertiary/aromatic N) is 2. The van der Waals surface area contributed by atoms with Crippen LogP contribution in [0.1, 0.15) is 38.5 Å². The fourth-order valence-electron chi connectivity index (χ4n) is 2.74. The molecule has 1 spiro atoms. The third kappa shape index (κ3) is 1.61. The van der Waals surface area contributed by atoms with Crippen LogP contribution >= 0.6 is 0 Å². The van der Waals surface area contributed by atoms with Crippen molar-refractivity contribution in [2.75, 3.05) is 13.1 Å². The number of carbonyl (C=O) groups excluding carboxylic acids is 1. The third-order valence-corrected chi connectivity index (χ3v) is 3.55. The Morgan fingerprint density at radius 2 is 1.93 bits per heavy atom. The van der Waals surface area contributed by atoms with E-state index in [-0.39, 0.29) is 12.3 Å². The van der Waals surface area contributed by atoms with E-state index < -0.39 is 0 Å². The van der Waals surface area contributed by atoms with E-state index in [1.165, 1.54) is 32.1 Å². The lowest BCUT2D eigenvalue weighted by atomic mass is 9.68. The van der Waals surface area contributed by atoms with Crippen LogP contribution in [-0.2, 0) is 4.79 Å². The summed E-state index contributed by atoms with van der Waals surface area (Å²) in [5.74, 6) is 0.0173. The zero-order chi connectivity index (χ0) is 10.0. The van der Waals surface area contributed by atoms with Gasteiger partial charge in [-0.2, -0.15) is 5.26 Å². The van der Waals surface area contributed by atoms with E-state index in [0.717, 1.165) is 13.1 Å². The van der Waals surface area contributed by atoms with Crippen molar-refractivity contribution in [2.24, 2.45) is 5.41 Å². The Morgan fingerprint density at radius 3 is 2.50 bits per heavy atom. The molecule has 0 bridgehead atoms. The van der Waals surface area contributed by atoms with E-state index in [2.05, 4.69) is 0 Å². The number of amides is 1. The summed E-state index contributed by atoms with van der Waals surface area (Å²) in [6.45, 7) is 1.82. The van der Waals surface area contributed by atoms with Crippen molar-refractivity contribution in [1.29, 1.82) is 5.26 Å². The fourth-order valence-corrected chi connectivity index (χ4v) is 2.74. The molecule has 2 fully saturated rings. The molecule has 3 heteroatoms. The SMILES string of the molecule is N#CCC(=O)N1CC2(CCCCC2)C1. The highest BCUT2D eigenvalue weighted by molar-refractivity contribution is 5.79. The average molecular weight is 192 g/mol. The van der Waals surface area contributed by atoms with Gasteiger partial charge in [-0.05, 0) is 12.8 Å². The lowest BCUT2D eigenvalue weighted by molar-refractivity contribution is -0.144. The molecule has 2 rings (SSSR count). The van der Waals surface area contributed by atoms with Gasteiger partial charge in [0.25, 0.3) is 0 Å². The Morgan fingerprint density at radius 1 is 1.29 bits per heavy atom. The molecule has 1 aliphatic carbocycles. The predicted octanol–water partition coefficient (Wildman–Crippen LogP) is 1.69. The molecule has 0 aromatic rings. The van der Waals surface area contributed by atoms with Gasteiger partial charge in [-0.3, -0.25) is 4.79 Å². The number of hydrogen-bond acceptors (Lipinski definition) is 2. The van der Waals surface area contributed by atoms with E-state index >= 15 is 0 Å². The summed E-state index contributed by atoms with van der Waals surface area (Å²) < 4.78 is 0. The van der Waals surface area contributed by atoms with Crippen molar-refractivity contribution in [3.63, 3.8) is 0 Å². The first-order valence-corrected chi connectivity index (χ1v) is 5.41. The monoisotopic (exact) mass is 192 g/mol. The molecule has 2 aliphatic rings. The minimum absolute atomic E-state index is 0.0173. The summed E-state index contributed by atoms with van der Waals surface area (Å²) in [4.78, 5) is 13.2. The van der Waals surface area contributed by atoms with E-state index in [4.69, 9.17) is 5.26 Å². The van der Waals surface area contributed by atoms with Crippen LogP contribution in [0.4, 0.5) is 0 Å². The molecule has 0 N–H and O–H groups in total. The van der Waals surface area contributed by atoms with Crippen LogP contribution in [0.15, 0.2) is 0 Å². The van der Waals surface area contributed by atoms with Gasteiger partial charge in [0.15, 0.2) is 0 Å². The highest BCUT2D eigenvalue weighted by atomic mass is 16.2. The van der Waals surface area contributed by atoms with Crippen molar-refractivity contribution in [2.45, 2.75) is 38.5 Å². The first-order chi connectivity index (χ1) is 6.76. The summed E-state index contributed by atoms with van der Waals surface area (Å²) in [5.41, 5.74) is 0.448. The maximum absolute atomic E-state index is 11.4. The van der Waals surface area contributed by atoms with E-state index in [1.54, 1.807) is 0 Å². The Balaban J connectivity index is 1.83. The van der Waals surface area contributed by atoms with Crippen molar-refractivity contribution >= 4 is 5.91 Å². The van der Waals surface area contributed by atoms with Gasteiger partial charge in [0.2, 0.25) is 5.91 Å². The van der Waals surface area contributed by atoms with Crippen LogP contribution in [0.5, 0.6) is 0 Å². The van der Waals surface area contributed by atoms with Gasteiger partial charge < -0.3 is 4.90 Å². The summed E-state index contributed by atoms with van der Waals surface area (Å²) in [6, 6.07) is 1.92. The van der Waals surface area contributed by atoms with Crippen LogP contribution in [0.3, 0.4) is 0 Å². The smallest absolute Gasteiger partial charge is 0.236 e. The zero-order valence-electron chi connectivity index (χ0n) is 8.46. The molecule has 0 aromatic carbocycles. The van der Waals surface area contributed by atoms with Crippen molar-refractivity contribution in [3.8, 4) is 6.07 Å². The van der Waals surface area contributed by atoms with Gasteiger partial charge in [0.05, 0.1) is 6.07 Å². The standard InChI is InChI=1S/C11H16N2O/c12-7-4-10(14)13-8-11(9-13)5-2-1-3-6-11/h1-6,8-9H2. The van der Waals surface area contributed by atoms with Gasteiger partial charge >= 0.3 is 0 Å². The van der Waals surface area contributed by atoms with E-state index in [0.29, 0.717) is 5.41 Å². The Bertz CT molecular complexity index is 266. The predicted molar refractivity (Wildman–Crippen MR) is 52.3 cm³/mol. The summed E-state index contributed by atoms with van der Waals surface area (Å²) in [5, 5.41) is 8.41. The zero-order valence-corrected chi connectivity index (χ0v) is 8.46. The molecule has 0 unspecified atom stereocenters. The van der Waals surface area contributed by atoms with Gasteiger partial charge in [-0.1, -0.05) is 19.3 Å². The second-order valence-corrected chi connectivity index (χ2v) is 4.65. The molecular weight excluding hydrogens is 176 g/mol. The quantitative estimate of drug-likeness (QED) is 0.634. The topological polar surface area (TPSA) is 44.1 Å². The molecule has 3 nitrogen and oxygen atoms in total. The highest BCUT2D eigenvalue weighted by Gasteiger charge is 2.44. The molecule has 1 heterocycles. The number of carbonyl (C=O) groups is 1.